The fourth-order valence-corrected chi connectivity index (χ4v) is 2.09. The van der Waals surface area contributed by atoms with E-state index in [0.29, 0.717) is 10.5 Å². The van der Waals surface area contributed by atoms with Crippen molar-refractivity contribution in [2.45, 2.75) is 6.92 Å². The lowest BCUT2D eigenvalue weighted by molar-refractivity contribution is 0.0595. The molecule has 0 aliphatic rings. The zero-order valence-electron chi connectivity index (χ0n) is 10.5. The van der Waals surface area contributed by atoms with E-state index in [1.54, 1.807) is 4.57 Å². The highest BCUT2D eigenvalue weighted by Gasteiger charge is 2.18. The second-order valence-corrected chi connectivity index (χ2v) is 4.46. The summed E-state index contributed by atoms with van der Waals surface area (Å²) < 4.78 is 7.03. The molecule has 0 saturated carbocycles. The Labute approximate surface area is 110 Å². The van der Waals surface area contributed by atoms with Gasteiger partial charge in [0.15, 0.2) is 10.5 Å². The number of H-pyrrole nitrogens is 1. The number of hydrogen-bond acceptors (Lipinski definition) is 3. The number of nitrogens with one attached hydrogen (secondary N) is 1. The van der Waals surface area contributed by atoms with Crippen molar-refractivity contribution in [1.29, 1.82) is 0 Å². The Morgan fingerprint density at radius 1 is 1.44 bits per heavy atom. The van der Waals surface area contributed by atoms with Gasteiger partial charge in [-0.05, 0) is 25.2 Å². The number of aromatic amines is 1. The van der Waals surface area contributed by atoms with E-state index in [4.69, 9.17) is 17.0 Å². The van der Waals surface area contributed by atoms with Crippen LogP contribution in [0.25, 0.3) is 11.3 Å². The van der Waals surface area contributed by atoms with Crippen LogP contribution in [0.5, 0.6) is 0 Å². The van der Waals surface area contributed by atoms with Crippen LogP contribution < -0.4 is 0 Å². The Balaban J connectivity index is 2.70. The third-order valence-corrected chi connectivity index (χ3v) is 3.17. The number of carbonyl (C=O) groups excluding carboxylic acids is 1. The summed E-state index contributed by atoms with van der Waals surface area (Å²) in [5, 5.41) is 0. The van der Waals surface area contributed by atoms with E-state index >= 15 is 0 Å². The summed E-state index contributed by atoms with van der Waals surface area (Å²) in [6, 6.07) is 7.89. The monoisotopic (exact) mass is 262 g/mol. The number of esters is 1. The molecule has 5 heteroatoms. The van der Waals surface area contributed by atoms with Crippen molar-refractivity contribution in [2.75, 3.05) is 7.11 Å². The molecule has 0 saturated heterocycles. The lowest BCUT2D eigenvalue weighted by Gasteiger charge is -2.06. The fraction of sp³-hybridized carbons (Fsp3) is 0.231. The molecule has 0 radical (unpaired) electrons. The third-order valence-electron chi connectivity index (χ3n) is 2.79. The number of carbonyl (C=O) groups is 1. The van der Waals surface area contributed by atoms with Crippen LogP contribution in [0.3, 0.4) is 0 Å². The van der Waals surface area contributed by atoms with Gasteiger partial charge in [0.05, 0.1) is 12.8 Å². The van der Waals surface area contributed by atoms with Gasteiger partial charge in [0.1, 0.15) is 0 Å². The number of methoxy groups -OCH3 is 1. The van der Waals surface area contributed by atoms with Gasteiger partial charge in [-0.2, -0.15) is 0 Å². The molecule has 0 bridgehead atoms. The van der Waals surface area contributed by atoms with Gasteiger partial charge in [-0.3, -0.25) is 0 Å². The van der Waals surface area contributed by atoms with Gasteiger partial charge in [0, 0.05) is 12.6 Å². The fourth-order valence-electron chi connectivity index (χ4n) is 1.90. The molecule has 0 unspecified atom stereocenters. The number of aryl methyl sites for hydroxylation is 1. The third kappa shape index (κ3) is 2.09. The molecule has 0 fully saturated rings. The Kier molecular flexibility index (Phi) is 3.34. The maximum atomic E-state index is 11.7. The molecule has 2 aromatic rings. The summed E-state index contributed by atoms with van der Waals surface area (Å²) >= 11 is 5.16. The van der Waals surface area contributed by atoms with Crippen LogP contribution in [-0.2, 0) is 11.8 Å². The average Bonchev–Trinajstić information content (AvgIpc) is 2.65. The van der Waals surface area contributed by atoms with E-state index in [1.165, 1.54) is 7.11 Å². The molecule has 2 rings (SSSR count). The van der Waals surface area contributed by atoms with Crippen LogP contribution in [0.2, 0.25) is 0 Å². The molecule has 1 aromatic heterocycles. The van der Waals surface area contributed by atoms with Gasteiger partial charge in [-0.15, -0.1) is 0 Å². The maximum absolute atomic E-state index is 11.7. The van der Waals surface area contributed by atoms with Crippen molar-refractivity contribution in [2.24, 2.45) is 7.05 Å². The largest absolute Gasteiger partial charge is 0.464 e. The smallest absolute Gasteiger partial charge is 0.356 e. The van der Waals surface area contributed by atoms with Crippen molar-refractivity contribution in [3.05, 3.63) is 40.3 Å². The number of imidazole rings is 1. The van der Waals surface area contributed by atoms with Crippen molar-refractivity contribution < 1.29 is 9.53 Å². The molecule has 0 atom stereocenters. The Morgan fingerprint density at radius 2 is 2.17 bits per heavy atom. The molecular formula is C13H14N2O2S. The number of aromatic nitrogens is 2. The van der Waals surface area contributed by atoms with E-state index in [9.17, 15) is 4.79 Å². The van der Waals surface area contributed by atoms with Gasteiger partial charge in [-0.1, -0.05) is 23.8 Å². The van der Waals surface area contributed by atoms with Crippen LogP contribution in [0.15, 0.2) is 24.3 Å². The minimum Gasteiger partial charge on any atom is -0.464 e. The van der Waals surface area contributed by atoms with Crippen LogP contribution in [0, 0.1) is 11.7 Å². The second kappa shape index (κ2) is 4.78. The lowest BCUT2D eigenvalue weighted by Crippen LogP contribution is -2.04. The van der Waals surface area contributed by atoms with Crippen molar-refractivity contribution in [3.8, 4) is 11.3 Å². The van der Waals surface area contributed by atoms with E-state index in [0.717, 1.165) is 16.8 Å². The van der Waals surface area contributed by atoms with Crippen LogP contribution in [0.4, 0.5) is 0 Å². The molecule has 0 aliphatic heterocycles. The normalized spacial score (nSPS) is 10.4. The predicted molar refractivity (Wildman–Crippen MR) is 72.1 cm³/mol. The van der Waals surface area contributed by atoms with Crippen LogP contribution in [0.1, 0.15) is 16.1 Å². The number of nitrogens with zero attached hydrogens (tertiary/aromatic N) is 1. The average molecular weight is 262 g/mol. The summed E-state index contributed by atoms with van der Waals surface area (Å²) in [6.45, 7) is 2.00. The Morgan fingerprint density at radius 3 is 2.78 bits per heavy atom. The molecule has 1 aromatic carbocycles. The molecule has 1 heterocycles. The summed E-state index contributed by atoms with van der Waals surface area (Å²) in [7, 11) is 3.18. The highest BCUT2D eigenvalue weighted by molar-refractivity contribution is 7.71. The topological polar surface area (TPSA) is 47.0 Å². The highest BCUT2D eigenvalue weighted by atomic mass is 32.1. The summed E-state index contributed by atoms with van der Waals surface area (Å²) in [5.41, 5.74) is 3.19. The molecule has 0 amide bonds. The maximum Gasteiger partial charge on any atom is 0.356 e. The molecule has 94 valence electrons. The Hall–Kier alpha value is -1.88. The quantitative estimate of drug-likeness (QED) is 0.668. The first kappa shape index (κ1) is 12.6. The van der Waals surface area contributed by atoms with E-state index < -0.39 is 5.97 Å². The summed E-state index contributed by atoms with van der Waals surface area (Å²) in [5.74, 6) is -0.418. The minimum absolute atomic E-state index is 0.385. The molecule has 4 nitrogen and oxygen atoms in total. The van der Waals surface area contributed by atoms with Crippen molar-refractivity contribution in [1.82, 2.24) is 9.55 Å². The summed E-state index contributed by atoms with van der Waals surface area (Å²) in [6.07, 6.45) is 0. The van der Waals surface area contributed by atoms with Gasteiger partial charge < -0.3 is 14.3 Å². The first-order valence-corrected chi connectivity index (χ1v) is 5.89. The first-order valence-electron chi connectivity index (χ1n) is 5.49. The standard InChI is InChI=1S/C13H14N2O2S/c1-8-5-4-6-9(7-8)11-10(12(16)17-3)14-13(18)15(11)2/h4-7H,1-3H3,(H,14,18). The minimum atomic E-state index is -0.418. The van der Waals surface area contributed by atoms with Crippen LogP contribution in [-0.4, -0.2) is 22.6 Å². The number of rotatable bonds is 2. The zero-order valence-corrected chi connectivity index (χ0v) is 11.3. The highest BCUT2D eigenvalue weighted by Crippen LogP contribution is 2.24. The van der Waals surface area contributed by atoms with E-state index in [-0.39, 0.29) is 0 Å². The van der Waals surface area contributed by atoms with Gasteiger partial charge in [-0.25, -0.2) is 4.79 Å². The van der Waals surface area contributed by atoms with Crippen LogP contribution >= 0.6 is 12.2 Å². The Bertz CT molecular complexity index is 655. The first-order chi connectivity index (χ1) is 8.54. The summed E-state index contributed by atoms with van der Waals surface area (Å²) in [4.78, 5) is 14.6. The van der Waals surface area contributed by atoms with E-state index in [1.807, 2.05) is 38.2 Å². The zero-order chi connectivity index (χ0) is 13.3. The SMILES string of the molecule is COC(=O)c1[nH]c(=S)n(C)c1-c1cccc(C)c1. The number of ether oxygens (including phenoxy) is 1. The van der Waals surface area contributed by atoms with Crippen molar-refractivity contribution >= 4 is 18.2 Å². The van der Waals surface area contributed by atoms with Gasteiger partial charge in [0.2, 0.25) is 0 Å². The molecule has 1 N–H and O–H groups in total. The number of hydrogen-bond donors (Lipinski definition) is 1. The lowest BCUT2D eigenvalue weighted by atomic mass is 10.1. The molecular weight excluding hydrogens is 248 g/mol. The second-order valence-electron chi connectivity index (χ2n) is 4.07. The number of benzene rings is 1. The van der Waals surface area contributed by atoms with Gasteiger partial charge in [0.25, 0.3) is 0 Å². The molecule has 0 spiro atoms. The van der Waals surface area contributed by atoms with E-state index in [2.05, 4.69) is 4.98 Å². The predicted octanol–water partition coefficient (Wildman–Crippen LogP) is 2.84. The van der Waals surface area contributed by atoms with Crippen molar-refractivity contribution in [3.63, 3.8) is 0 Å². The molecule has 18 heavy (non-hydrogen) atoms. The van der Waals surface area contributed by atoms with Gasteiger partial charge >= 0.3 is 5.97 Å². The molecule has 0 aliphatic carbocycles.